The van der Waals surface area contributed by atoms with E-state index in [0.717, 1.165) is 17.7 Å². The molecule has 8 nitrogen and oxygen atoms in total. The van der Waals surface area contributed by atoms with Crippen molar-refractivity contribution in [3.8, 4) is 11.4 Å². The third-order valence-corrected chi connectivity index (χ3v) is 5.99. The molecule has 0 spiro atoms. The van der Waals surface area contributed by atoms with E-state index >= 15 is 0 Å². The zero-order valence-electron chi connectivity index (χ0n) is 17.6. The first-order valence-electron chi connectivity index (χ1n) is 10.5. The minimum atomic E-state index is -4.44. The first-order valence-corrected chi connectivity index (χ1v) is 10.5. The maximum Gasteiger partial charge on any atom is 0.416 e. The lowest BCUT2D eigenvalue weighted by Crippen LogP contribution is -2.35. The molecule has 0 radical (unpaired) electrons. The molecule has 0 saturated carbocycles. The Morgan fingerprint density at radius 3 is 2.62 bits per heavy atom. The van der Waals surface area contributed by atoms with Crippen molar-refractivity contribution in [1.82, 2.24) is 19.9 Å². The van der Waals surface area contributed by atoms with Crippen molar-refractivity contribution in [1.29, 1.82) is 0 Å². The van der Waals surface area contributed by atoms with Gasteiger partial charge in [-0.15, -0.1) is 0 Å². The maximum absolute atomic E-state index is 12.8. The van der Waals surface area contributed by atoms with E-state index in [0.29, 0.717) is 53.8 Å². The number of nitro groups is 1. The van der Waals surface area contributed by atoms with Crippen molar-refractivity contribution < 1.29 is 18.1 Å². The molecule has 0 bridgehead atoms. The summed E-state index contributed by atoms with van der Waals surface area (Å²) in [6, 6.07) is 9.33. The van der Waals surface area contributed by atoms with Gasteiger partial charge in [0.15, 0.2) is 0 Å². The summed E-state index contributed by atoms with van der Waals surface area (Å²) in [5, 5.41) is 12.0. The minimum absolute atomic E-state index is 0.0202. The number of aromatic nitrogens is 3. The van der Waals surface area contributed by atoms with E-state index in [1.54, 1.807) is 18.3 Å². The normalized spacial score (nSPS) is 14.3. The molecule has 0 unspecified atom stereocenters. The summed E-state index contributed by atoms with van der Waals surface area (Å²) in [6.45, 7) is 1.28. The van der Waals surface area contributed by atoms with E-state index in [9.17, 15) is 28.1 Å². The molecule has 2 aromatic heterocycles. The molecule has 3 heterocycles. The average Bonchev–Trinajstić information content (AvgIpc) is 3.21. The van der Waals surface area contributed by atoms with Crippen molar-refractivity contribution in [2.45, 2.75) is 25.7 Å². The molecule has 0 fully saturated rings. The number of fused-ring (bicyclic) bond motifs is 2. The zero-order valence-corrected chi connectivity index (χ0v) is 17.6. The highest BCUT2D eigenvalue weighted by atomic mass is 19.4. The molecular formula is C23H18F3N5O3. The third-order valence-electron chi connectivity index (χ3n) is 5.99. The Kier molecular flexibility index (Phi) is 5.20. The van der Waals surface area contributed by atoms with E-state index in [4.69, 9.17) is 0 Å². The molecule has 0 aliphatic carbocycles. The fourth-order valence-corrected chi connectivity index (χ4v) is 4.32. The molecule has 1 aliphatic rings. The Morgan fingerprint density at radius 2 is 1.91 bits per heavy atom. The monoisotopic (exact) mass is 469 g/mol. The summed E-state index contributed by atoms with van der Waals surface area (Å²) in [5.41, 5.74) is 1.79. The number of nitrogens with zero attached hydrogens (tertiary/aromatic N) is 3. The van der Waals surface area contributed by atoms with E-state index in [1.165, 1.54) is 18.2 Å². The number of rotatable bonds is 4. The number of nitro benzene ring substituents is 1. The lowest BCUT2D eigenvalue weighted by Gasteiger charge is -2.27. The number of non-ortho nitro benzene ring substituents is 1. The smallest absolute Gasteiger partial charge is 0.361 e. The first kappa shape index (κ1) is 21.8. The van der Waals surface area contributed by atoms with Gasteiger partial charge in [0, 0.05) is 43.9 Å². The van der Waals surface area contributed by atoms with Gasteiger partial charge in [-0.1, -0.05) is 18.2 Å². The van der Waals surface area contributed by atoms with Crippen LogP contribution in [0.1, 0.15) is 22.4 Å². The van der Waals surface area contributed by atoms with Crippen LogP contribution in [0.3, 0.4) is 0 Å². The number of H-pyrrole nitrogens is 2. The quantitative estimate of drug-likeness (QED) is 0.340. The maximum atomic E-state index is 12.8. The SMILES string of the molecule is O=c1[nH]c(-c2ccc(C(F)(F)F)cc2)nc2c1CN(Cc1c[nH]c3cccc([N+](=O)[O-])c13)CC2. The van der Waals surface area contributed by atoms with Crippen LogP contribution in [-0.2, 0) is 25.7 Å². The van der Waals surface area contributed by atoms with E-state index in [2.05, 4.69) is 15.0 Å². The van der Waals surface area contributed by atoms with Gasteiger partial charge in [-0.05, 0) is 23.8 Å². The fourth-order valence-electron chi connectivity index (χ4n) is 4.32. The molecule has 11 heteroatoms. The Bertz CT molecular complexity index is 1460. The van der Waals surface area contributed by atoms with Crippen LogP contribution < -0.4 is 5.56 Å². The molecule has 0 amide bonds. The Labute approximate surface area is 190 Å². The zero-order chi connectivity index (χ0) is 24.0. The number of hydrogen-bond acceptors (Lipinski definition) is 5. The standard InChI is InChI=1S/C23H18F3N5O3/c24-23(25,26)15-6-4-13(5-7-15)21-28-17-8-9-30(12-16(17)22(32)29-21)11-14-10-27-18-2-1-3-19(20(14)18)31(33)34/h1-7,10,27H,8-9,11-12H2,(H,28,29,32). The molecule has 0 saturated heterocycles. The molecule has 34 heavy (non-hydrogen) atoms. The third kappa shape index (κ3) is 3.94. The summed E-state index contributed by atoms with van der Waals surface area (Å²) >= 11 is 0. The van der Waals surface area contributed by atoms with Gasteiger partial charge in [0.2, 0.25) is 0 Å². The van der Waals surface area contributed by atoms with Crippen molar-refractivity contribution in [3.63, 3.8) is 0 Å². The number of hydrogen-bond donors (Lipinski definition) is 2. The summed E-state index contributed by atoms with van der Waals surface area (Å²) in [5.74, 6) is 0.221. The van der Waals surface area contributed by atoms with Gasteiger partial charge in [-0.2, -0.15) is 13.2 Å². The van der Waals surface area contributed by atoms with Crippen LogP contribution >= 0.6 is 0 Å². The van der Waals surface area contributed by atoms with Gasteiger partial charge < -0.3 is 9.97 Å². The van der Waals surface area contributed by atoms with Crippen molar-refractivity contribution in [2.24, 2.45) is 0 Å². The van der Waals surface area contributed by atoms with Gasteiger partial charge in [0.1, 0.15) is 5.82 Å². The van der Waals surface area contributed by atoms with Gasteiger partial charge >= 0.3 is 6.18 Å². The largest absolute Gasteiger partial charge is 0.416 e. The van der Waals surface area contributed by atoms with Crippen LogP contribution in [0.25, 0.3) is 22.3 Å². The number of benzene rings is 2. The van der Waals surface area contributed by atoms with E-state index < -0.39 is 16.7 Å². The molecule has 0 atom stereocenters. The van der Waals surface area contributed by atoms with Gasteiger partial charge in [0.05, 0.1) is 32.6 Å². The molecular weight excluding hydrogens is 451 g/mol. The highest BCUT2D eigenvalue weighted by Crippen LogP contribution is 2.32. The summed E-state index contributed by atoms with van der Waals surface area (Å²) in [4.78, 5) is 36.1. The molecule has 5 rings (SSSR count). The van der Waals surface area contributed by atoms with Crippen LogP contribution in [0, 0.1) is 10.1 Å². The fraction of sp³-hybridized carbons (Fsp3) is 0.217. The number of nitrogens with one attached hydrogen (secondary N) is 2. The predicted octanol–water partition coefficient (Wildman–Crippen LogP) is 4.40. The highest BCUT2D eigenvalue weighted by molar-refractivity contribution is 5.91. The molecule has 174 valence electrons. The summed E-state index contributed by atoms with van der Waals surface area (Å²) in [6.07, 6.45) is -2.23. The molecule has 1 aliphatic heterocycles. The van der Waals surface area contributed by atoms with Crippen molar-refractivity contribution in [3.05, 3.63) is 91.5 Å². The first-order chi connectivity index (χ1) is 16.2. The Morgan fingerprint density at radius 1 is 1.15 bits per heavy atom. The summed E-state index contributed by atoms with van der Waals surface area (Å²) in [7, 11) is 0. The highest BCUT2D eigenvalue weighted by Gasteiger charge is 2.30. The predicted molar refractivity (Wildman–Crippen MR) is 118 cm³/mol. The number of alkyl halides is 3. The van der Waals surface area contributed by atoms with Crippen molar-refractivity contribution in [2.75, 3.05) is 6.54 Å². The lowest BCUT2D eigenvalue weighted by atomic mass is 10.0. The summed E-state index contributed by atoms with van der Waals surface area (Å²) < 4.78 is 38.5. The van der Waals surface area contributed by atoms with Crippen LogP contribution in [0.2, 0.25) is 0 Å². The molecule has 2 aromatic carbocycles. The number of aromatic amines is 2. The molecule has 4 aromatic rings. The van der Waals surface area contributed by atoms with Crippen LogP contribution in [-0.4, -0.2) is 31.3 Å². The minimum Gasteiger partial charge on any atom is -0.361 e. The van der Waals surface area contributed by atoms with Gasteiger partial charge in [-0.3, -0.25) is 19.8 Å². The second-order valence-corrected chi connectivity index (χ2v) is 8.15. The average molecular weight is 469 g/mol. The second-order valence-electron chi connectivity index (χ2n) is 8.15. The second kappa shape index (κ2) is 8.10. The van der Waals surface area contributed by atoms with Crippen molar-refractivity contribution >= 4 is 16.6 Å². The van der Waals surface area contributed by atoms with E-state index in [1.807, 2.05) is 4.90 Å². The molecule has 2 N–H and O–H groups in total. The van der Waals surface area contributed by atoms with Crippen LogP contribution in [0.15, 0.2) is 53.5 Å². The lowest BCUT2D eigenvalue weighted by molar-refractivity contribution is -0.383. The number of halogens is 3. The Hall–Kier alpha value is -3.99. The topological polar surface area (TPSA) is 108 Å². The Balaban J connectivity index is 1.40. The van der Waals surface area contributed by atoms with Gasteiger partial charge in [-0.25, -0.2) is 4.98 Å². The van der Waals surface area contributed by atoms with Crippen LogP contribution in [0.5, 0.6) is 0 Å². The van der Waals surface area contributed by atoms with Gasteiger partial charge in [0.25, 0.3) is 11.2 Å². The van der Waals surface area contributed by atoms with E-state index in [-0.39, 0.29) is 17.1 Å². The van der Waals surface area contributed by atoms with Crippen LogP contribution in [0.4, 0.5) is 18.9 Å².